The van der Waals surface area contributed by atoms with Gasteiger partial charge in [0.1, 0.15) is 0 Å². The summed E-state index contributed by atoms with van der Waals surface area (Å²) in [5.41, 5.74) is 2.60. The molecule has 6 nitrogen and oxygen atoms in total. The van der Waals surface area contributed by atoms with Gasteiger partial charge < -0.3 is 18.1 Å². The molecule has 9 heteroatoms. The summed E-state index contributed by atoms with van der Waals surface area (Å²) in [6.07, 6.45) is 0.326. The molecule has 0 saturated heterocycles. The summed E-state index contributed by atoms with van der Waals surface area (Å²) in [7, 11) is -6.43. The van der Waals surface area contributed by atoms with E-state index in [2.05, 4.69) is 15.9 Å². The van der Waals surface area contributed by atoms with Gasteiger partial charge in [-0.05, 0) is 44.4 Å². The first-order chi connectivity index (χ1) is 12.3. The van der Waals surface area contributed by atoms with Crippen molar-refractivity contribution in [1.29, 1.82) is 0 Å². The van der Waals surface area contributed by atoms with Crippen molar-refractivity contribution in [3.8, 4) is 0 Å². The second kappa shape index (κ2) is 11.8. The van der Waals surface area contributed by atoms with Crippen LogP contribution in [-0.2, 0) is 44.9 Å². The van der Waals surface area contributed by atoms with Gasteiger partial charge in [-0.1, -0.05) is 34.1 Å². The highest BCUT2D eigenvalue weighted by Gasteiger charge is 2.27. The fraction of sp³-hybridized carbons (Fsp3) is 0.647. The van der Waals surface area contributed by atoms with Crippen molar-refractivity contribution >= 4 is 31.1 Å². The first-order valence-electron chi connectivity index (χ1n) is 8.77. The van der Waals surface area contributed by atoms with Gasteiger partial charge in [0.15, 0.2) is 0 Å². The lowest BCUT2D eigenvalue weighted by atomic mass is 10.1. The van der Waals surface area contributed by atoms with Crippen LogP contribution in [0.3, 0.4) is 0 Å². The summed E-state index contributed by atoms with van der Waals surface area (Å²) in [4.78, 5) is 0. The van der Waals surface area contributed by atoms with Crippen molar-refractivity contribution in [1.82, 2.24) is 0 Å². The van der Waals surface area contributed by atoms with Crippen molar-refractivity contribution in [3.05, 3.63) is 34.9 Å². The third kappa shape index (κ3) is 7.93. The Morgan fingerprint density at radius 1 is 0.692 bits per heavy atom. The second-order valence-corrected chi connectivity index (χ2v) is 10.2. The van der Waals surface area contributed by atoms with Crippen molar-refractivity contribution in [2.75, 3.05) is 26.4 Å². The van der Waals surface area contributed by atoms with Crippen LogP contribution in [0.25, 0.3) is 0 Å². The normalized spacial score (nSPS) is 12.5. The first-order valence-corrected chi connectivity index (χ1v) is 13.3. The van der Waals surface area contributed by atoms with Crippen molar-refractivity contribution in [2.45, 2.75) is 45.3 Å². The Balaban J connectivity index is 3.14. The highest BCUT2D eigenvalue weighted by molar-refractivity contribution is 9.08. The maximum absolute atomic E-state index is 12.8. The van der Waals surface area contributed by atoms with Gasteiger partial charge >= 0.3 is 15.2 Å². The third-order valence-corrected chi connectivity index (χ3v) is 8.08. The Bertz CT molecular complexity index is 582. The lowest BCUT2D eigenvalue weighted by Gasteiger charge is -2.20. The van der Waals surface area contributed by atoms with Gasteiger partial charge in [-0.25, -0.2) is 0 Å². The van der Waals surface area contributed by atoms with Crippen LogP contribution in [0.15, 0.2) is 18.2 Å². The fourth-order valence-electron chi connectivity index (χ4n) is 2.59. The topological polar surface area (TPSA) is 71.1 Å². The molecule has 0 aliphatic carbocycles. The molecule has 1 aromatic carbocycles. The highest BCUT2D eigenvalue weighted by atomic mass is 79.9. The minimum Gasteiger partial charge on any atom is -0.309 e. The van der Waals surface area contributed by atoms with E-state index >= 15 is 0 Å². The molecule has 0 fully saturated rings. The van der Waals surface area contributed by atoms with Gasteiger partial charge in [0.2, 0.25) is 0 Å². The molecule has 0 amide bonds. The van der Waals surface area contributed by atoms with E-state index in [-0.39, 0.29) is 12.3 Å². The van der Waals surface area contributed by atoms with Crippen LogP contribution in [-0.4, -0.2) is 26.4 Å². The van der Waals surface area contributed by atoms with Crippen molar-refractivity contribution in [3.63, 3.8) is 0 Å². The van der Waals surface area contributed by atoms with E-state index in [0.29, 0.717) is 31.8 Å². The van der Waals surface area contributed by atoms with E-state index in [4.69, 9.17) is 18.1 Å². The molecule has 0 spiro atoms. The summed E-state index contributed by atoms with van der Waals surface area (Å²) in [6.45, 7) is 8.38. The fourth-order valence-corrected chi connectivity index (χ4v) is 6.26. The molecule has 150 valence electrons. The molecule has 26 heavy (non-hydrogen) atoms. The molecule has 0 N–H and O–H groups in total. The number of benzene rings is 1. The maximum atomic E-state index is 12.8. The average molecular weight is 471 g/mol. The number of alkyl halides is 1. The summed E-state index contributed by atoms with van der Waals surface area (Å²) in [6, 6.07) is 5.74. The average Bonchev–Trinajstić information content (AvgIpc) is 2.54. The van der Waals surface area contributed by atoms with Gasteiger partial charge in [0.25, 0.3) is 0 Å². The van der Waals surface area contributed by atoms with Crippen LogP contribution in [0.2, 0.25) is 0 Å². The number of hydrogen-bond acceptors (Lipinski definition) is 6. The molecule has 0 aliphatic heterocycles. The molecular formula is C17H29BrO6P2. The molecule has 0 radical (unpaired) electrons. The number of hydrogen-bond donors (Lipinski definition) is 0. The molecule has 0 aromatic heterocycles. The number of rotatable bonds is 13. The predicted octanol–water partition coefficient (Wildman–Crippen LogP) is 6.11. The van der Waals surface area contributed by atoms with Crippen molar-refractivity contribution < 1.29 is 27.2 Å². The Hall–Kier alpha value is -0.0000000000000000763. The van der Waals surface area contributed by atoms with E-state index < -0.39 is 15.2 Å². The molecule has 0 aliphatic rings. The van der Waals surface area contributed by atoms with Crippen molar-refractivity contribution in [2.24, 2.45) is 0 Å². The third-order valence-electron chi connectivity index (χ3n) is 3.32. The van der Waals surface area contributed by atoms with E-state index in [0.717, 1.165) is 16.7 Å². The largest absolute Gasteiger partial charge is 0.335 e. The predicted molar refractivity (Wildman–Crippen MR) is 108 cm³/mol. The summed E-state index contributed by atoms with van der Waals surface area (Å²) in [5.74, 6) is 0. The molecule has 0 unspecified atom stereocenters. The van der Waals surface area contributed by atoms with Crippen LogP contribution in [0.1, 0.15) is 44.4 Å². The Morgan fingerprint density at radius 3 is 1.27 bits per heavy atom. The van der Waals surface area contributed by atoms with Crippen LogP contribution < -0.4 is 0 Å². The van der Waals surface area contributed by atoms with Gasteiger partial charge in [-0.2, -0.15) is 0 Å². The first kappa shape index (κ1) is 24.0. The maximum Gasteiger partial charge on any atom is 0.335 e. The zero-order chi connectivity index (χ0) is 19.6. The van der Waals surface area contributed by atoms with E-state index in [1.165, 1.54) is 0 Å². The monoisotopic (exact) mass is 470 g/mol. The Labute approximate surface area is 165 Å². The molecule has 0 heterocycles. The van der Waals surface area contributed by atoms with Crippen LogP contribution in [0, 0.1) is 0 Å². The molecule has 0 saturated carbocycles. The zero-order valence-electron chi connectivity index (χ0n) is 15.9. The van der Waals surface area contributed by atoms with Crippen LogP contribution in [0.5, 0.6) is 0 Å². The molecule has 0 atom stereocenters. The Morgan fingerprint density at radius 2 is 1.00 bits per heavy atom. The molecular weight excluding hydrogens is 442 g/mol. The zero-order valence-corrected chi connectivity index (χ0v) is 19.3. The quantitative estimate of drug-likeness (QED) is 0.255. The van der Waals surface area contributed by atoms with Gasteiger partial charge in [-0.15, -0.1) is 0 Å². The SMILES string of the molecule is CCOP(=O)(Cc1cc(CBr)cc(CP(=O)(OCC)OCC)c1)OCC. The van der Waals surface area contributed by atoms with Gasteiger partial charge in [0, 0.05) is 5.33 Å². The molecule has 1 aromatic rings. The highest BCUT2D eigenvalue weighted by Crippen LogP contribution is 2.53. The van der Waals surface area contributed by atoms with E-state index in [1.54, 1.807) is 27.7 Å². The molecule has 0 bridgehead atoms. The van der Waals surface area contributed by atoms with Crippen LogP contribution >= 0.6 is 31.1 Å². The standard InChI is InChI=1S/C17H29BrO6P2/c1-5-21-25(19,22-6-2)13-16-9-15(12-18)10-17(11-16)14-26(20,23-7-3)24-8-4/h9-11H,5-8,12-14H2,1-4H3. The summed E-state index contributed by atoms with van der Waals surface area (Å²) < 4.78 is 47.2. The number of halogens is 1. The lowest BCUT2D eigenvalue weighted by molar-refractivity contribution is 0.218. The van der Waals surface area contributed by atoms with Crippen LogP contribution in [0.4, 0.5) is 0 Å². The van der Waals surface area contributed by atoms with E-state index in [1.807, 2.05) is 18.2 Å². The molecule has 1 rings (SSSR count). The second-order valence-electron chi connectivity index (χ2n) is 5.50. The lowest BCUT2D eigenvalue weighted by Crippen LogP contribution is -2.02. The summed E-state index contributed by atoms with van der Waals surface area (Å²) in [5, 5.41) is 0.620. The van der Waals surface area contributed by atoms with Gasteiger partial charge in [-0.3, -0.25) is 9.13 Å². The summed E-state index contributed by atoms with van der Waals surface area (Å²) >= 11 is 3.44. The van der Waals surface area contributed by atoms with E-state index in [9.17, 15) is 9.13 Å². The van der Waals surface area contributed by atoms with Gasteiger partial charge in [0.05, 0.1) is 38.8 Å². The minimum absolute atomic E-state index is 0.163. The minimum atomic E-state index is -3.21. The smallest absolute Gasteiger partial charge is 0.309 e. The Kier molecular flexibility index (Phi) is 10.9.